The molecule has 1 rings (SSSR count). The minimum absolute atomic E-state index is 0.0886. The van der Waals surface area contributed by atoms with E-state index in [1.807, 2.05) is 13.8 Å². The molecule has 98 valence electrons. The Bertz CT molecular complexity index is 288. The third-order valence-corrected chi connectivity index (χ3v) is 3.48. The van der Waals surface area contributed by atoms with Crippen LogP contribution >= 0.6 is 0 Å². The maximum atomic E-state index is 12.2. The van der Waals surface area contributed by atoms with Gasteiger partial charge in [0.15, 0.2) is 0 Å². The summed E-state index contributed by atoms with van der Waals surface area (Å²) in [7, 11) is 0. The van der Waals surface area contributed by atoms with Gasteiger partial charge in [-0.25, -0.2) is 4.79 Å². The van der Waals surface area contributed by atoms with Crippen molar-refractivity contribution in [3.8, 4) is 0 Å². The number of amides is 1. The summed E-state index contributed by atoms with van der Waals surface area (Å²) in [5.74, 6) is -1.22. The van der Waals surface area contributed by atoms with Gasteiger partial charge in [-0.1, -0.05) is 13.8 Å². The second kappa shape index (κ2) is 6.00. The average Bonchev–Trinajstić information content (AvgIpc) is 2.30. The highest BCUT2D eigenvalue weighted by molar-refractivity contribution is 5.85. The summed E-state index contributed by atoms with van der Waals surface area (Å²) in [6.45, 7) is 4.20. The van der Waals surface area contributed by atoms with Crippen LogP contribution in [0.25, 0.3) is 0 Å². The molecule has 2 N–H and O–H groups in total. The van der Waals surface area contributed by atoms with Crippen molar-refractivity contribution in [1.82, 2.24) is 4.90 Å². The Morgan fingerprint density at radius 1 is 1.35 bits per heavy atom. The summed E-state index contributed by atoms with van der Waals surface area (Å²) in [6, 6.07) is -0.869. The van der Waals surface area contributed by atoms with Crippen molar-refractivity contribution in [2.75, 3.05) is 6.54 Å². The number of rotatable bonds is 4. The van der Waals surface area contributed by atoms with Crippen molar-refractivity contribution >= 4 is 11.9 Å². The van der Waals surface area contributed by atoms with Gasteiger partial charge in [0.05, 0.1) is 6.10 Å². The Morgan fingerprint density at radius 2 is 1.94 bits per heavy atom. The largest absolute Gasteiger partial charge is 0.480 e. The topological polar surface area (TPSA) is 77.8 Å². The molecule has 0 aliphatic carbocycles. The van der Waals surface area contributed by atoms with Crippen LogP contribution in [-0.2, 0) is 9.59 Å². The summed E-state index contributed by atoms with van der Waals surface area (Å²) in [5.41, 5.74) is 0. The minimum Gasteiger partial charge on any atom is -0.480 e. The van der Waals surface area contributed by atoms with E-state index in [1.54, 1.807) is 0 Å². The second-order valence-corrected chi connectivity index (χ2v) is 4.58. The zero-order chi connectivity index (χ0) is 13.0. The number of carbonyl (C=O) groups excluding carboxylic acids is 1. The number of carboxylic acid groups (broad SMARTS) is 1. The van der Waals surface area contributed by atoms with Gasteiger partial charge in [-0.2, -0.15) is 0 Å². The van der Waals surface area contributed by atoms with Crippen LogP contribution in [0.15, 0.2) is 0 Å². The van der Waals surface area contributed by atoms with E-state index in [-0.39, 0.29) is 18.2 Å². The predicted molar refractivity (Wildman–Crippen MR) is 62.4 cm³/mol. The fourth-order valence-electron chi connectivity index (χ4n) is 2.32. The van der Waals surface area contributed by atoms with Crippen molar-refractivity contribution in [2.24, 2.45) is 5.92 Å². The molecule has 5 heteroatoms. The number of aliphatic hydroxyl groups excluding tert-OH is 1. The van der Waals surface area contributed by atoms with Crippen LogP contribution < -0.4 is 0 Å². The highest BCUT2D eigenvalue weighted by atomic mass is 16.4. The molecule has 0 unspecified atom stereocenters. The van der Waals surface area contributed by atoms with E-state index in [0.29, 0.717) is 13.0 Å². The maximum Gasteiger partial charge on any atom is 0.326 e. The fourth-order valence-corrected chi connectivity index (χ4v) is 2.32. The van der Waals surface area contributed by atoms with Gasteiger partial charge < -0.3 is 15.1 Å². The molecule has 2 atom stereocenters. The number of nitrogens with zero attached hydrogens (tertiary/aromatic N) is 1. The molecule has 0 aromatic rings. The minimum atomic E-state index is -1.02. The van der Waals surface area contributed by atoms with Crippen LogP contribution in [0.1, 0.15) is 39.5 Å². The Hall–Kier alpha value is -1.10. The summed E-state index contributed by atoms with van der Waals surface area (Å²) in [4.78, 5) is 24.7. The molecule has 0 spiro atoms. The highest BCUT2D eigenvalue weighted by Gasteiger charge is 2.37. The molecule has 1 aliphatic heterocycles. The Morgan fingerprint density at radius 3 is 2.41 bits per heavy atom. The predicted octanol–water partition coefficient (Wildman–Crippen LogP) is 0.859. The number of hydrogen-bond acceptors (Lipinski definition) is 3. The monoisotopic (exact) mass is 243 g/mol. The van der Waals surface area contributed by atoms with Crippen LogP contribution in [0, 0.1) is 5.92 Å². The average molecular weight is 243 g/mol. The second-order valence-electron chi connectivity index (χ2n) is 4.58. The molecule has 0 aromatic carbocycles. The van der Waals surface area contributed by atoms with Gasteiger partial charge in [-0.3, -0.25) is 4.79 Å². The first-order valence-corrected chi connectivity index (χ1v) is 6.22. The first kappa shape index (κ1) is 14.0. The van der Waals surface area contributed by atoms with Crippen molar-refractivity contribution in [3.05, 3.63) is 0 Å². The van der Waals surface area contributed by atoms with Gasteiger partial charge in [0.2, 0.25) is 5.91 Å². The normalized spacial score (nSPS) is 25.1. The van der Waals surface area contributed by atoms with E-state index in [1.165, 1.54) is 4.90 Å². The van der Waals surface area contributed by atoms with Gasteiger partial charge in [-0.15, -0.1) is 0 Å². The Labute approximate surface area is 101 Å². The smallest absolute Gasteiger partial charge is 0.326 e. The zero-order valence-electron chi connectivity index (χ0n) is 10.4. The quantitative estimate of drug-likeness (QED) is 0.767. The summed E-state index contributed by atoms with van der Waals surface area (Å²) in [5, 5.41) is 18.6. The maximum absolute atomic E-state index is 12.2. The number of piperidine rings is 1. The molecule has 17 heavy (non-hydrogen) atoms. The third kappa shape index (κ3) is 3.19. The van der Waals surface area contributed by atoms with Crippen LogP contribution in [0.5, 0.6) is 0 Å². The molecular weight excluding hydrogens is 222 g/mol. The number of aliphatic hydroxyl groups is 1. The molecule has 5 nitrogen and oxygen atoms in total. The molecule has 0 saturated carbocycles. The van der Waals surface area contributed by atoms with E-state index in [4.69, 9.17) is 5.11 Å². The lowest BCUT2D eigenvalue weighted by atomic mass is 9.95. The van der Waals surface area contributed by atoms with E-state index >= 15 is 0 Å². The van der Waals surface area contributed by atoms with Crippen molar-refractivity contribution in [2.45, 2.75) is 51.7 Å². The van der Waals surface area contributed by atoms with Gasteiger partial charge in [-0.05, 0) is 19.3 Å². The van der Waals surface area contributed by atoms with Crippen LogP contribution in [0.2, 0.25) is 0 Å². The summed E-state index contributed by atoms with van der Waals surface area (Å²) >= 11 is 0. The molecule has 1 fully saturated rings. The lowest BCUT2D eigenvalue weighted by molar-refractivity contribution is -0.156. The SMILES string of the molecule is CCC(CC)C(=O)N1CC[C@H](O)C[C@@H]1C(=O)O. The molecule has 1 aliphatic rings. The van der Waals surface area contributed by atoms with Crippen LogP contribution in [0.4, 0.5) is 0 Å². The molecular formula is C12H21NO4. The first-order chi connectivity index (χ1) is 8.01. The van der Waals surface area contributed by atoms with Gasteiger partial charge in [0.25, 0.3) is 0 Å². The Balaban J connectivity index is 2.79. The van der Waals surface area contributed by atoms with Crippen molar-refractivity contribution in [3.63, 3.8) is 0 Å². The highest BCUT2D eigenvalue weighted by Crippen LogP contribution is 2.22. The number of aliphatic carboxylic acids is 1. The number of carbonyl (C=O) groups is 2. The van der Waals surface area contributed by atoms with E-state index < -0.39 is 18.1 Å². The molecule has 1 saturated heterocycles. The van der Waals surface area contributed by atoms with E-state index in [0.717, 1.165) is 12.8 Å². The lowest BCUT2D eigenvalue weighted by Gasteiger charge is -2.37. The molecule has 1 amide bonds. The molecule has 0 bridgehead atoms. The van der Waals surface area contributed by atoms with Gasteiger partial charge in [0.1, 0.15) is 6.04 Å². The zero-order valence-corrected chi connectivity index (χ0v) is 10.4. The summed E-state index contributed by atoms with van der Waals surface area (Å²) in [6.07, 6.45) is 1.44. The Kier molecular flexibility index (Phi) is 4.93. The lowest BCUT2D eigenvalue weighted by Crippen LogP contribution is -2.53. The van der Waals surface area contributed by atoms with Crippen molar-refractivity contribution < 1.29 is 19.8 Å². The number of likely N-dealkylation sites (tertiary alicyclic amines) is 1. The van der Waals surface area contributed by atoms with Gasteiger partial charge >= 0.3 is 5.97 Å². The summed E-state index contributed by atoms with van der Waals surface area (Å²) < 4.78 is 0. The third-order valence-electron chi connectivity index (χ3n) is 3.48. The molecule has 0 radical (unpaired) electrons. The van der Waals surface area contributed by atoms with Crippen LogP contribution in [-0.4, -0.2) is 45.7 Å². The van der Waals surface area contributed by atoms with E-state index in [9.17, 15) is 14.7 Å². The number of carboxylic acids is 1. The van der Waals surface area contributed by atoms with E-state index in [2.05, 4.69) is 0 Å². The molecule has 0 aromatic heterocycles. The standard InChI is InChI=1S/C12H21NO4/c1-3-8(4-2)11(15)13-6-5-9(14)7-10(13)12(16)17/h8-10,14H,3-7H2,1-2H3,(H,16,17)/t9-,10+/m0/s1. The fraction of sp³-hybridized carbons (Fsp3) is 0.833. The van der Waals surface area contributed by atoms with Gasteiger partial charge in [0, 0.05) is 18.9 Å². The van der Waals surface area contributed by atoms with Crippen LogP contribution in [0.3, 0.4) is 0 Å². The first-order valence-electron chi connectivity index (χ1n) is 6.22. The molecule has 1 heterocycles. The number of hydrogen-bond donors (Lipinski definition) is 2. The van der Waals surface area contributed by atoms with Crippen molar-refractivity contribution in [1.29, 1.82) is 0 Å².